The van der Waals surface area contributed by atoms with Crippen LogP contribution in [0.5, 0.6) is 0 Å². The first-order valence-corrected chi connectivity index (χ1v) is 6.98. The minimum atomic E-state index is 0.0533. The van der Waals surface area contributed by atoms with Gasteiger partial charge in [-0.1, -0.05) is 40.5 Å². The van der Waals surface area contributed by atoms with Crippen molar-refractivity contribution in [3.63, 3.8) is 0 Å². The largest absolute Gasteiger partial charge is 0.326 e. The molecule has 1 N–H and O–H groups in total. The smallest absolute Gasteiger partial charge is 0.241 e. The zero-order valence-electron chi connectivity index (χ0n) is 12.0. The summed E-state index contributed by atoms with van der Waals surface area (Å²) in [6.45, 7) is 11.8. The average Bonchev–Trinajstić information content (AvgIpc) is 2.54. The summed E-state index contributed by atoms with van der Waals surface area (Å²) in [5, 5.41) is 3.41. The van der Waals surface area contributed by atoms with Crippen molar-refractivity contribution in [3.8, 4) is 0 Å². The second kappa shape index (κ2) is 5.85. The molecule has 0 bridgehead atoms. The molecule has 0 aromatic heterocycles. The van der Waals surface area contributed by atoms with Crippen LogP contribution in [0.15, 0.2) is 0 Å². The molecular formula is C14H28N2O. The molecule has 1 fully saturated rings. The van der Waals surface area contributed by atoms with E-state index in [1.165, 1.54) is 0 Å². The van der Waals surface area contributed by atoms with Gasteiger partial charge in [-0.2, -0.15) is 0 Å². The molecule has 0 aliphatic carbocycles. The summed E-state index contributed by atoms with van der Waals surface area (Å²) >= 11 is 0. The second-order valence-electron chi connectivity index (χ2n) is 6.02. The zero-order chi connectivity index (χ0) is 13.1. The number of hydrogen-bond donors (Lipinski definition) is 1. The van der Waals surface area contributed by atoms with Crippen LogP contribution in [0, 0.1) is 5.41 Å². The molecule has 0 aromatic rings. The Morgan fingerprint density at radius 3 is 2.53 bits per heavy atom. The molecule has 1 saturated heterocycles. The zero-order valence-corrected chi connectivity index (χ0v) is 12.0. The molecule has 0 saturated carbocycles. The molecule has 1 aliphatic heterocycles. The fourth-order valence-electron chi connectivity index (χ4n) is 2.25. The molecule has 1 heterocycles. The van der Waals surface area contributed by atoms with E-state index < -0.39 is 0 Å². The van der Waals surface area contributed by atoms with Gasteiger partial charge in [-0.3, -0.25) is 10.1 Å². The average molecular weight is 240 g/mol. The van der Waals surface area contributed by atoms with Crippen molar-refractivity contribution in [1.29, 1.82) is 0 Å². The summed E-state index contributed by atoms with van der Waals surface area (Å²) in [5.41, 5.74) is 0.214. The van der Waals surface area contributed by atoms with Crippen molar-refractivity contribution < 1.29 is 4.79 Å². The van der Waals surface area contributed by atoms with Crippen LogP contribution in [0.4, 0.5) is 0 Å². The van der Waals surface area contributed by atoms with Gasteiger partial charge in [-0.15, -0.1) is 0 Å². The van der Waals surface area contributed by atoms with Gasteiger partial charge in [0.05, 0.1) is 12.2 Å². The molecule has 0 spiro atoms. The monoisotopic (exact) mass is 240 g/mol. The highest BCUT2D eigenvalue weighted by Crippen LogP contribution is 2.25. The summed E-state index contributed by atoms with van der Waals surface area (Å²) in [5.74, 6) is 0.299. The van der Waals surface area contributed by atoms with Crippen LogP contribution in [0.1, 0.15) is 60.3 Å². The van der Waals surface area contributed by atoms with E-state index in [4.69, 9.17) is 0 Å². The normalized spacial score (nSPS) is 25.7. The van der Waals surface area contributed by atoms with Gasteiger partial charge in [0.2, 0.25) is 5.91 Å². The van der Waals surface area contributed by atoms with Crippen LogP contribution in [-0.2, 0) is 4.79 Å². The molecule has 2 atom stereocenters. The number of nitrogens with one attached hydrogen (secondary N) is 1. The summed E-state index contributed by atoms with van der Waals surface area (Å²) in [7, 11) is 0. The van der Waals surface area contributed by atoms with Gasteiger partial charge >= 0.3 is 0 Å². The number of carbonyl (C=O) groups excluding carboxylic acids is 1. The van der Waals surface area contributed by atoms with Gasteiger partial charge in [0.15, 0.2) is 0 Å². The van der Waals surface area contributed by atoms with Crippen molar-refractivity contribution >= 4 is 5.91 Å². The molecule has 2 unspecified atom stereocenters. The van der Waals surface area contributed by atoms with Crippen molar-refractivity contribution in [2.24, 2.45) is 5.41 Å². The van der Waals surface area contributed by atoms with E-state index in [1.54, 1.807) is 0 Å². The second-order valence-corrected chi connectivity index (χ2v) is 6.02. The molecule has 1 rings (SSSR count). The Labute approximate surface area is 106 Å². The van der Waals surface area contributed by atoms with Crippen LogP contribution in [0.2, 0.25) is 0 Å². The van der Waals surface area contributed by atoms with E-state index in [9.17, 15) is 4.79 Å². The number of amides is 1. The standard InChI is InChI=1S/C14H28N2O/c1-6-8-9-12-13(17)16(11(3)15-12)10-14(4,5)7-2/h11-12,15H,6-10H2,1-5H3. The predicted octanol–water partition coefficient (Wildman–Crippen LogP) is 2.76. The third kappa shape index (κ3) is 3.70. The lowest BCUT2D eigenvalue weighted by molar-refractivity contribution is -0.131. The minimum absolute atomic E-state index is 0.0533. The summed E-state index contributed by atoms with van der Waals surface area (Å²) in [4.78, 5) is 14.3. The van der Waals surface area contributed by atoms with Crippen LogP contribution in [-0.4, -0.2) is 29.6 Å². The third-order valence-electron chi connectivity index (χ3n) is 3.89. The maximum Gasteiger partial charge on any atom is 0.241 e. The van der Waals surface area contributed by atoms with E-state index in [0.717, 1.165) is 32.2 Å². The van der Waals surface area contributed by atoms with Crippen molar-refractivity contribution in [2.75, 3.05) is 6.54 Å². The van der Waals surface area contributed by atoms with E-state index in [2.05, 4.69) is 39.9 Å². The maximum absolute atomic E-state index is 12.3. The summed E-state index contributed by atoms with van der Waals surface area (Å²) in [6.07, 6.45) is 4.54. The molecule has 100 valence electrons. The first-order chi connectivity index (χ1) is 7.91. The van der Waals surface area contributed by atoms with Crippen LogP contribution in [0.3, 0.4) is 0 Å². The fraction of sp³-hybridized carbons (Fsp3) is 0.929. The van der Waals surface area contributed by atoms with Crippen molar-refractivity contribution in [2.45, 2.75) is 72.5 Å². The number of hydrogen-bond acceptors (Lipinski definition) is 2. The lowest BCUT2D eigenvalue weighted by atomic mass is 9.89. The first-order valence-electron chi connectivity index (χ1n) is 6.98. The molecule has 1 aliphatic rings. The highest BCUT2D eigenvalue weighted by Gasteiger charge is 2.37. The molecule has 3 nitrogen and oxygen atoms in total. The Morgan fingerprint density at radius 1 is 1.35 bits per heavy atom. The Morgan fingerprint density at radius 2 is 2.00 bits per heavy atom. The molecule has 17 heavy (non-hydrogen) atoms. The summed E-state index contributed by atoms with van der Waals surface area (Å²) < 4.78 is 0. The van der Waals surface area contributed by atoms with E-state index in [1.807, 2.05) is 4.90 Å². The third-order valence-corrected chi connectivity index (χ3v) is 3.89. The van der Waals surface area contributed by atoms with Gasteiger partial charge in [-0.25, -0.2) is 0 Å². The van der Waals surface area contributed by atoms with Crippen LogP contribution in [0.25, 0.3) is 0 Å². The Bertz CT molecular complexity index is 263. The van der Waals surface area contributed by atoms with E-state index in [-0.39, 0.29) is 17.6 Å². The van der Waals surface area contributed by atoms with Gasteiger partial charge < -0.3 is 4.90 Å². The predicted molar refractivity (Wildman–Crippen MR) is 71.7 cm³/mol. The number of carbonyl (C=O) groups is 1. The highest BCUT2D eigenvalue weighted by molar-refractivity contribution is 5.84. The number of nitrogens with zero attached hydrogens (tertiary/aromatic N) is 1. The first kappa shape index (κ1) is 14.5. The Hall–Kier alpha value is -0.570. The maximum atomic E-state index is 12.3. The lowest BCUT2D eigenvalue weighted by Gasteiger charge is -2.31. The number of rotatable bonds is 6. The number of unbranched alkanes of at least 4 members (excludes halogenated alkanes) is 1. The molecule has 0 aromatic carbocycles. The molecule has 1 amide bonds. The van der Waals surface area contributed by atoms with Gasteiger partial charge in [-0.05, 0) is 25.2 Å². The van der Waals surface area contributed by atoms with Gasteiger partial charge in [0.25, 0.3) is 0 Å². The van der Waals surface area contributed by atoms with Gasteiger partial charge in [0.1, 0.15) is 0 Å². The van der Waals surface area contributed by atoms with E-state index >= 15 is 0 Å². The Kier molecular flexibility index (Phi) is 4.99. The van der Waals surface area contributed by atoms with Crippen molar-refractivity contribution in [1.82, 2.24) is 10.2 Å². The fourth-order valence-corrected chi connectivity index (χ4v) is 2.25. The molecule has 0 radical (unpaired) electrons. The lowest BCUT2D eigenvalue weighted by Crippen LogP contribution is -2.41. The van der Waals surface area contributed by atoms with E-state index in [0.29, 0.717) is 5.91 Å². The SMILES string of the molecule is CCCCC1NC(C)N(CC(C)(C)CC)C1=O. The Balaban J connectivity index is 2.59. The van der Waals surface area contributed by atoms with Crippen LogP contribution < -0.4 is 5.32 Å². The minimum Gasteiger partial charge on any atom is -0.326 e. The highest BCUT2D eigenvalue weighted by atomic mass is 16.2. The topological polar surface area (TPSA) is 32.3 Å². The van der Waals surface area contributed by atoms with Crippen LogP contribution >= 0.6 is 0 Å². The quantitative estimate of drug-likeness (QED) is 0.774. The van der Waals surface area contributed by atoms with Crippen molar-refractivity contribution in [3.05, 3.63) is 0 Å². The van der Waals surface area contributed by atoms with Gasteiger partial charge in [0, 0.05) is 6.54 Å². The summed E-state index contributed by atoms with van der Waals surface area (Å²) in [6, 6.07) is 0.0533. The molecule has 3 heteroatoms. The molecular weight excluding hydrogens is 212 g/mol.